The number of carbonyl (C=O) groups excluding carboxylic acids is 2. The van der Waals surface area contributed by atoms with Gasteiger partial charge in [-0.3, -0.25) is 9.59 Å². The summed E-state index contributed by atoms with van der Waals surface area (Å²) in [6.45, 7) is 2.74. The highest BCUT2D eigenvalue weighted by Crippen LogP contribution is 2.40. The lowest BCUT2D eigenvalue weighted by Gasteiger charge is -2.49. The Balaban J connectivity index is 1.05. The van der Waals surface area contributed by atoms with Crippen LogP contribution in [0.1, 0.15) is 25.1 Å². The number of hydrogen-bond donors (Lipinski definition) is 0. The molecular weight excluding hydrogens is 829 g/mol. The van der Waals surface area contributed by atoms with Crippen LogP contribution in [0.5, 0.6) is 6.01 Å². The summed E-state index contributed by atoms with van der Waals surface area (Å²) >= 11 is 0. The molecule has 8 heterocycles. The summed E-state index contributed by atoms with van der Waals surface area (Å²) in [7, 11) is 3.15. The molecule has 1 aliphatic carbocycles. The van der Waals surface area contributed by atoms with Gasteiger partial charge >= 0.3 is 6.01 Å². The van der Waals surface area contributed by atoms with Gasteiger partial charge in [0.15, 0.2) is 23.1 Å². The van der Waals surface area contributed by atoms with Crippen LogP contribution in [0.25, 0.3) is 39.0 Å². The Morgan fingerprint density at radius 1 is 0.857 bits per heavy atom. The molecule has 5 atom stereocenters. The molecule has 5 aliphatic rings. The third kappa shape index (κ3) is 6.49. The van der Waals surface area contributed by atoms with Crippen molar-refractivity contribution in [3.63, 3.8) is 0 Å². The molecule has 17 nitrogen and oxygen atoms in total. The summed E-state index contributed by atoms with van der Waals surface area (Å²) in [6.07, 6.45) is 3.41. The Morgan fingerprint density at radius 3 is 2.49 bits per heavy atom. The van der Waals surface area contributed by atoms with E-state index >= 15 is 13.2 Å². The molecular formula is C42H40F4N12O5. The third-order valence-corrected chi connectivity index (χ3v) is 12.7. The molecule has 0 unspecified atom stereocenters. The zero-order valence-corrected chi connectivity index (χ0v) is 34.3. The van der Waals surface area contributed by atoms with Crippen molar-refractivity contribution in [2.75, 3.05) is 56.8 Å². The fourth-order valence-electron chi connectivity index (χ4n) is 9.55. The van der Waals surface area contributed by atoms with Crippen LogP contribution in [0.4, 0.5) is 29.3 Å². The van der Waals surface area contributed by atoms with Crippen molar-refractivity contribution in [3.05, 3.63) is 71.8 Å². The normalized spacial score (nSPS) is 24.0. The van der Waals surface area contributed by atoms with E-state index in [1.165, 1.54) is 41.2 Å². The molecule has 0 N–H and O–H groups in total. The van der Waals surface area contributed by atoms with Gasteiger partial charge in [-0.25, -0.2) is 32.2 Å². The van der Waals surface area contributed by atoms with Gasteiger partial charge in [0.05, 0.1) is 72.3 Å². The SMILES string of the molecule is CO[C@H]1CN(C)C(=O)[C@@H]2C[C@@H](CN2c2nc(N3[C@H]4COC[C@@H]3C(=O)N(C3CC3)C4)nc3c2cnn3-c2ccc(F)cc2F)Oc2nccc(n2)-c2c(F)c(F)cc3nc(C)n(c23)C1. The van der Waals surface area contributed by atoms with Crippen LogP contribution >= 0.6 is 0 Å². The standard InChI is InChI=1S/C42H40F4N12O5/c1-20-49-30-12-28(45)35(46)34-29-8-9-47-42(50-29)63-24-11-32(39(59)53(2)15-25(61-3)17-54(20)36(30)34)56(16-24)37-26-13-48-58(31-7-4-21(43)10-27(31)44)38(26)52-41(51-37)57-23-14-55(22-5-6-22)40(60)33(57)19-62-18-23/h4,7-10,12-13,22-25,32-33H,5-6,11,14-19H2,1-3H3/t23-,24+,25+,32+,33-/m1/s1. The van der Waals surface area contributed by atoms with Gasteiger partial charge in [0, 0.05) is 58.0 Å². The molecule has 21 heteroatoms. The lowest BCUT2D eigenvalue weighted by atomic mass is 10.0. The number of anilines is 2. The van der Waals surface area contributed by atoms with Crippen molar-refractivity contribution in [3.8, 4) is 23.0 Å². The molecule has 11 rings (SSSR count). The second-order valence-electron chi connectivity index (χ2n) is 16.7. The largest absolute Gasteiger partial charge is 0.458 e. The molecule has 6 bridgehead atoms. The lowest BCUT2D eigenvalue weighted by Crippen LogP contribution is -2.68. The molecule has 4 fully saturated rings. The van der Waals surface area contributed by atoms with Crippen molar-refractivity contribution < 1.29 is 41.4 Å². The second kappa shape index (κ2) is 14.8. The minimum absolute atomic E-state index is 0.0437. The third-order valence-electron chi connectivity index (χ3n) is 12.7. The minimum atomic E-state index is -1.12. The number of benzene rings is 2. The number of amides is 2. The monoisotopic (exact) mass is 868 g/mol. The number of nitrogens with zero attached hydrogens (tertiary/aromatic N) is 12. The van der Waals surface area contributed by atoms with Gasteiger partial charge in [-0.1, -0.05) is 0 Å². The fraction of sp³-hybridized carbons (Fsp3) is 0.429. The van der Waals surface area contributed by atoms with Crippen molar-refractivity contribution in [2.24, 2.45) is 0 Å². The molecule has 4 aliphatic heterocycles. The lowest BCUT2D eigenvalue weighted by molar-refractivity contribution is -0.141. The van der Waals surface area contributed by atoms with Crippen LogP contribution in [-0.2, 0) is 25.6 Å². The number of piperazine rings is 1. The highest BCUT2D eigenvalue weighted by molar-refractivity contribution is 5.95. The fourth-order valence-corrected chi connectivity index (χ4v) is 9.55. The van der Waals surface area contributed by atoms with Gasteiger partial charge in [0.2, 0.25) is 17.8 Å². The first kappa shape index (κ1) is 39.4. The Bertz CT molecular complexity index is 2860. The first-order valence-electron chi connectivity index (χ1n) is 20.7. The summed E-state index contributed by atoms with van der Waals surface area (Å²) in [4.78, 5) is 59.4. The number of likely N-dealkylation sites (N-methyl/N-ethyl adjacent to an activating group) is 1. The summed E-state index contributed by atoms with van der Waals surface area (Å²) in [5, 5.41) is 4.85. The van der Waals surface area contributed by atoms with E-state index in [1.54, 1.807) is 23.4 Å². The Hall–Kier alpha value is -6.48. The molecule has 2 amide bonds. The zero-order valence-electron chi connectivity index (χ0n) is 34.3. The Morgan fingerprint density at radius 2 is 1.70 bits per heavy atom. The van der Waals surface area contributed by atoms with E-state index in [-0.39, 0.29) is 102 Å². The topological polar surface area (TPSA) is 162 Å². The number of ether oxygens (including phenoxy) is 3. The number of hydrogen-bond acceptors (Lipinski definition) is 13. The molecule has 0 radical (unpaired) electrons. The quantitative estimate of drug-likeness (QED) is 0.232. The summed E-state index contributed by atoms with van der Waals surface area (Å²) < 4.78 is 82.1. The van der Waals surface area contributed by atoms with E-state index in [4.69, 9.17) is 24.2 Å². The maximum atomic E-state index is 16.0. The average Bonchev–Trinajstić information content (AvgIpc) is 3.78. The van der Waals surface area contributed by atoms with Crippen LogP contribution in [-0.4, -0.2) is 144 Å². The molecule has 4 aromatic heterocycles. The van der Waals surface area contributed by atoms with Gasteiger partial charge in [0.1, 0.15) is 41.3 Å². The number of rotatable bonds is 5. The van der Waals surface area contributed by atoms with E-state index < -0.39 is 47.6 Å². The van der Waals surface area contributed by atoms with Gasteiger partial charge < -0.3 is 38.4 Å². The molecule has 63 heavy (non-hydrogen) atoms. The molecule has 326 valence electrons. The summed E-state index contributed by atoms with van der Waals surface area (Å²) in [5.41, 5.74) is 0.503. The Kier molecular flexibility index (Phi) is 9.26. The van der Waals surface area contributed by atoms with Crippen LogP contribution in [0.2, 0.25) is 0 Å². The number of fused-ring (bicyclic) bond motifs is 8. The number of imidazole rings is 1. The van der Waals surface area contributed by atoms with Crippen molar-refractivity contribution >= 4 is 45.6 Å². The second-order valence-corrected chi connectivity index (χ2v) is 16.7. The maximum absolute atomic E-state index is 16.0. The number of aryl methyl sites for hydroxylation is 1. The summed E-state index contributed by atoms with van der Waals surface area (Å²) in [5.74, 6) is -3.47. The highest BCUT2D eigenvalue weighted by atomic mass is 19.2. The van der Waals surface area contributed by atoms with Crippen LogP contribution < -0.4 is 14.5 Å². The number of methoxy groups -OCH3 is 1. The minimum Gasteiger partial charge on any atom is -0.458 e. The van der Waals surface area contributed by atoms with Crippen molar-refractivity contribution in [1.29, 1.82) is 0 Å². The number of carbonyl (C=O) groups is 2. The first-order valence-corrected chi connectivity index (χ1v) is 20.7. The van der Waals surface area contributed by atoms with Crippen molar-refractivity contribution in [1.82, 2.24) is 49.1 Å². The van der Waals surface area contributed by atoms with E-state index in [0.29, 0.717) is 29.9 Å². The van der Waals surface area contributed by atoms with E-state index in [2.05, 4.69) is 20.1 Å². The maximum Gasteiger partial charge on any atom is 0.317 e. The van der Waals surface area contributed by atoms with Gasteiger partial charge in [-0.05, 0) is 38.0 Å². The van der Waals surface area contributed by atoms with Gasteiger partial charge in [-0.15, -0.1) is 0 Å². The molecule has 1 saturated carbocycles. The Labute approximate surface area is 356 Å². The van der Waals surface area contributed by atoms with E-state index in [0.717, 1.165) is 31.0 Å². The number of morpholine rings is 1. The zero-order chi connectivity index (χ0) is 43.4. The van der Waals surface area contributed by atoms with Crippen LogP contribution in [0, 0.1) is 30.2 Å². The smallest absolute Gasteiger partial charge is 0.317 e. The van der Waals surface area contributed by atoms with E-state index in [1.807, 2.05) is 9.80 Å². The summed E-state index contributed by atoms with van der Waals surface area (Å²) in [6, 6.07) is 3.65. The van der Waals surface area contributed by atoms with Crippen LogP contribution in [0.15, 0.2) is 42.7 Å². The molecule has 3 saturated heterocycles. The highest BCUT2D eigenvalue weighted by Gasteiger charge is 2.50. The predicted molar refractivity (Wildman–Crippen MR) is 216 cm³/mol. The molecule has 0 spiro atoms. The first-order chi connectivity index (χ1) is 30.4. The van der Waals surface area contributed by atoms with Gasteiger partial charge in [-0.2, -0.15) is 20.1 Å². The van der Waals surface area contributed by atoms with Crippen molar-refractivity contribution in [2.45, 2.75) is 69.1 Å². The number of aromatic nitrogens is 8. The molecule has 6 aromatic rings. The molecule has 2 aromatic carbocycles. The van der Waals surface area contributed by atoms with Gasteiger partial charge in [0.25, 0.3) is 0 Å². The van der Waals surface area contributed by atoms with Crippen LogP contribution in [0.3, 0.4) is 0 Å². The average molecular weight is 869 g/mol. The van der Waals surface area contributed by atoms with E-state index in [9.17, 15) is 14.0 Å². The number of halogens is 4. The predicted octanol–water partition coefficient (Wildman–Crippen LogP) is 3.58.